The first-order chi connectivity index (χ1) is 7.79. The number of anilines is 1. The quantitative estimate of drug-likeness (QED) is 0.886. The summed E-state index contributed by atoms with van der Waals surface area (Å²) in [7, 11) is 0. The van der Waals surface area contributed by atoms with Gasteiger partial charge in [0.2, 0.25) is 5.13 Å². The van der Waals surface area contributed by atoms with Gasteiger partial charge in [-0.05, 0) is 29.3 Å². The fraction of sp³-hybridized carbons (Fsp3) is 0.400. The average molecular weight is 255 g/mol. The van der Waals surface area contributed by atoms with Crippen LogP contribution in [0.2, 0.25) is 0 Å². The molecule has 0 fully saturated rings. The summed E-state index contributed by atoms with van der Waals surface area (Å²) in [5.41, 5.74) is 1.24. The molecule has 0 radical (unpaired) electrons. The van der Waals surface area contributed by atoms with E-state index in [0.29, 0.717) is 6.54 Å². The van der Waals surface area contributed by atoms with E-state index < -0.39 is 0 Å². The lowest BCUT2D eigenvalue weighted by atomic mass is 10.3. The van der Waals surface area contributed by atoms with E-state index in [-0.39, 0.29) is 6.61 Å². The summed E-state index contributed by atoms with van der Waals surface area (Å²) >= 11 is 3.23. The van der Waals surface area contributed by atoms with Crippen LogP contribution in [0.3, 0.4) is 0 Å². The van der Waals surface area contributed by atoms with Gasteiger partial charge in [-0.1, -0.05) is 11.3 Å². The van der Waals surface area contributed by atoms with Crippen molar-refractivity contribution >= 4 is 27.8 Å². The lowest BCUT2D eigenvalue weighted by Crippen LogP contribution is -2.25. The van der Waals surface area contributed by atoms with E-state index in [1.54, 1.807) is 22.7 Å². The molecule has 0 aliphatic heterocycles. The van der Waals surface area contributed by atoms with Gasteiger partial charge in [-0.25, -0.2) is 0 Å². The van der Waals surface area contributed by atoms with E-state index in [1.807, 2.05) is 11.8 Å². The number of rotatable bonds is 5. The Balaban J connectivity index is 2.11. The van der Waals surface area contributed by atoms with Gasteiger partial charge in [-0.3, -0.25) is 0 Å². The molecule has 1 N–H and O–H groups in total. The van der Waals surface area contributed by atoms with Gasteiger partial charge in [0.05, 0.1) is 6.61 Å². The van der Waals surface area contributed by atoms with E-state index in [0.717, 1.165) is 16.7 Å². The first kappa shape index (κ1) is 11.5. The molecule has 86 valence electrons. The van der Waals surface area contributed by atoms with Crippen molar-refractivity contribution in [2.75, 3.05) is 18.1 Å². The van der Waals surface area contributed by atoms with Crippen LogP contribution < -0.4 is 4.90 Å². The molecule has 0 unspecified atom stereocenters. The van der Waals surface area contributed by atoms with E-state index in [1.165, 1.54) is 5.56 Å². The maximum absolute atomic E-state index is 9.05. The van der Waals surface area contributed by atoms with Gasteiger partial charge in [0, 0.05) is 13.1 Å². The van der Waals surface area contributed by atoms with Gasteiger partial charge in [0.25, 0.3) is 0 Å². The van der Waals surface area contributed by atoms with Crippen molar-refractivity contribution in [1.29, 1.82) is 0 Å². The molecule has 0 aliphatic carbocycles. The highest BCUT2D eigenvalue weighted by Gasteiger charge is 2.11. The molecule has 4 nitrogen and oxygen atoms in total. The van der Waals surface area contributed by atoms with Crippen LogP contribution in [0, 0.1) is 6.92 Å². The molecule has 0 bridgehead atoms. The summed E-state index contributed by atoms with van der Waals surface area (Å²) in [6, 6.07) is 2.09. The fourth-order valence-electron chi connectivity index (χ4n) is 1.38. The summed E-state index contributed by atoms with van der Waals surface area (Å²) < 4.78 is 0. The zero-order valence-corrected chi connectivity index (χ0v) is 10.6. The number of aromatic nitrogens is 2. The van der Waals surface area contributed by atoms with Crippen molar-refractivity contribution in [2.45, 2.75) is 13.5 Å². The Kier molecular flexibility index (Phi) is 3.87. The highest BCUT2D eigenvalue weighted by Crippen LogP contribution is 2.21. The molecule has 6 heteroatoms. The molecule has 0 saturated carbocycles. The lowest BCUT2D eigenvalue weighted by molar-refractivity contribution is 0.301. The van der Waals surface area contributed by atoms with Gasteiger partial charge < -0.3 is 10.0 Å². The Morgan fingerprint density at radius 2 is 2.31 bits per heavy atom. The van der Waals surface area contributed by atoms with Crippen molar-refractivity contribution in [2.24, 2.45) is 0 Å². The summed E-state index contributed by atoms with van der Waals surface area (Å²) in [5.74, 6) is 0. The first-order valence-corrected chi connectivity index (χ1v) is 6.72. The summed E-state index contributed by atoms with van der Waals surface area (Å²) in [4.78, 5) is 2.05. The minimum atomic E-state index is 0.128. The summed E-state index contributed by atoms with van der Waals surface area (Å²) in [6.07, 6.45) is 0. The second-order valence-electron chi connectivity index (χ2n) is 3.38. The SMILES string of the molecule is Cc1nnc(N(CCO)Cc2ccsc2)s1. The third kappa shape index (κ3) is 2.78. The molecule has 0 atom stereocenters. The smallest absolute Gasteiger partial charge is 0.208 e. The minimum Gasteiger partial charge on any atom is -0.395 e. The van der Waals surface area contributed by atoms with Crippen molar-refractivity contribution in [1.82, 2.24) is 10.2 Å². The van der Waals surface area contributed by atoms with Crippen LogP contribution in [0.15, 0.2) is 16.8 Å². The average Bonchev–Trinajstić information content (AvgIpc) is 2.88. The van der Waals surface area contributed by atoms with Gasteiger partial charge in [0.1, 0.15) is 5.01 Å². The number of aliphatic hydroxyl groups excluding tert-OH is 1. The molecule has 0 amide bonds. The number of thiophene rings is 1. The van der Waals surface area contributed by atoms with Gasteiger partial charge in [-0.2, -0.15) is 11.3 Å². The predicted molar refractivity (Wildman–Crippen MR) is 67.1 cm³/mol. The van der Waals surface area contributed by atoms with E-state index in [4.69, 9.17) is 5.11 Å². The number of hydrogen-bond acceptors (Lipinski definition) is 6. The van der Waals surface area contributed by atoms with Gasteiger partial charge >= 0.3 is 0 Å². The number of aliphatic hydroxyl groups is 1. The van der Waals surface area contributed by atoms with Crippen molar-refractivity contribution in [3.8, 4) is 0 Å². The lowest BCUT2D eigenvalue weighted by Gasteiger charge is -2.19. The topological polar surface area (TPSA) is 49.2 Å². The Morgan fingerprint density at radius 3 is 2.88 bits per heavy atom. The fourth-order valence-corrected chi connectivity index (χ4v) is 2.75. The molecule has 2 aromatic rings. The van der Waals surface area contributed by atoms with Crippen molar-refractivity contribution < 1.29 is 5.11 Å². The predicted octanol–water partition coefficient (Wildman–Crippen LogP) is 1.91. The third-order valence-corrected chi connectivity index (χ3v) is 3.74. The molecule has 0 aliphatic rings. The third-order valence-electron chi connectivity index (χ3n) is 2.11. The van der Waals surface area contributed by atoms with Gasteiger partial charge in [0.15, 0.2) is 0 Å². The molecular weight excluding hydrogens is 242 g/mol. The van der Waals surface area contributed by atoms with Gasteiger partial charge in [-0.15, -0.1) is 10.2 Å². The summed E-state index contributed by atoms with van der Waals surface area (Å²) in [6.45, 7) is 3.43. The highest BCUT2D eigenvalue weighted by molar-refractivity contribution is 7.15. The van der Waals surface area contributed by atoms with Crippen LogP contribution in [-0.2, 0) is 6.54 Å². The molecule has 16 heavy (non-hydrogen) atoms. The van der Waals surface area contributed by atoms with E-state index >= 15 is 0 Å². The number of aryl methyl sites for hydroxylation is 1. The largest absolute Gasteiger partial charge is 0.395 e. The Bertz CT molecular complexity index is 427. The molecular formula is C10H13N3OS2. The zero-order valence-electron chi connectivity index (χ0n) is 8.96. The van der Waals surface area contributed by atoms with Crippen LogP contribution in [0.4, 0.5) is 5.13 Å². The van der Waals surface area contributed by atoms with Crippen LogP contribution in [0.1, 0.15) is 10.6 Å². The summed E-state index contributed by atoms with van der Waals surface area (Å²) in [5, 5.41) is 23.1. The molecule has 0 aromatic carbocycles. The van der Waals surface area contributed by atoms with E-state index in [2.05, 4.69) is 27.0 Å². The zero-order chi connectivity index (χ0) is 11.4. The Morgan fingerprint density at radius 1 is 1.44 bits per heavy atom. The molecule has 2 aromatic heterocycles. The standard InChI is InChI=1S/C10H13N3OS2/c1-8-11-12-10(16-8)13(3-4-14)6-9-2-5-15-7-9/h2,5,7,14H,3-4,6H2,1H3. The number of nitrogens with zero attached hydrogens (tertiary/aromatic N) is 3. The van der Waals surface area contributed by atoms with Crippen molar-refractivity contribution in [3.63, 3.8) is 0 Å². The molecule has 0 saturated heterocycles. The van der Waals surface area contributed by atoms with Crippen LogP contribution in [0.25, 0.3) is 0 Å². The molecule has 2 rings (SSSR count). The maximum atomic E-state index is 9.05. The van der Waals surface area contributed by atoms with E-state index in [9.17, 15) is 0 Å². The normalized spacial score (nSPS) is 10.6. The Hall–Kier alpha value is -0.980. The second-order valence-corrected chi connectivity index (χ2v) is 5.32. The Labute approximate surface area is 102 Å². The second kappa shape index (κ2) is 5.38. The van der Waals surface area contributed by atoms with Crippen LogP contribution in [-0.4, -0.2) is 28.5 Å². The number of hydrogen-bond donors (Lipinski definition) is 1. The molecule has 2 heterocycles. The van der Waals surface area contributed by atoms with Crippen LogP contribution >= 0.6 is 22.7 Å². The first-order valence-electron chi connectivity index (χ1n) is 4.96. The minimum absolute atomic E-state index is 0.128. The monoisotopic (exact) mass is 255 g/mol. The molecule has 0 spiro atoms. The highest BCUT2D eigenvalue weighted by atomic mass is 32.1. The van der Waals surface area contributed by atoms with Crippen molar-refractivity contribution in [3.05, 3.63) is 27.4 Å². The van der Waals surface area contributed by atoms with Crippen LogP contribution in [0.5, 0.6) is 0 Å². The maximum Gasteiger partial charge on any atom is 0.208 e.